The van der Waals surface area contributed by atoms with Gasteiger partial charge in [-0.2, -0.15) is 5.21 Å². The largest absolute Gasteiger partial charge is 0.345 e. The van der Waals surface area contributed by atoms with Crippen molar-refractivity contribution in [1.82, 2.24) is 30.8 Å². The quantitative estimate of drug-likeness (QED) is 0.435. The monoisotopic (exact) mass is 535 g/mol. The summed E-state index contributed by atoms with van der Waals surface area (Å²) in [5.74, 6) is -0.468. The Morgan fingerprint density at radius 1 is 1.29 bits per heavy atom. The van der Waals surface area contributed by atoms with Crippen molar-refractivity contribution in [3.8, 4) is 0 Å². The molecule has 2 aliphatic rings. The molecule has 196 valence electrons. The lowest BCUT2D eigenvalue weighted by Crippen LogP contribution is -2.50. The lowest BCUT2D eigenvalue weighted by atomic mass is 9.85. The molecule has 0 saturated heterocycles. The molecule has 0 bridgehead atoms. The van der Waals surface area contributed by atoms with E-state index < -0.39 is 11.5 Å². The first-order valence-electron chi connectivity index (χ1n) is 12.5. The highest BCUT2D eigenvalue weighted by molar-refractivity contribution is 6.47. The second-order valence-corrected chi connectivity index (χ2v) is 10.1. The van der Waals surface area contributed by atoms with E-state index in [-0.39, 0.29) is 41.1 Å². The highest BCUT2D eigenvalue weighted by Crippen LogP contribution is 2.45. The lowest BCUT2D eigenvalue weighted by molar-refractivity contribution is -0.132. The van der Waals surface area contributed by atoms with Gasteiger partial charge in [0.15, 0.2) is 5.82 Å². The second kappa shape index (κ2) is 10.4. The van der Waals surface area contributed by atoms with E-state index in [2.05, 4.69) is 45.0 Å². The number of aliphatic imine (C=N–C) groups is 1. The van der Waals surface area contributed by atoms with E-state index in [0.717, 1.165) is 5.56 Å². The maximum atomic E-state index is 14.2. The fourth-order valence-electron chi connectivity index (χ4n) is 5.31. The average molecular weight is 536 g/mol. The van der Waals surface area contributed by atoms with Gasteiger partial charge in [0.05, 0.1) is 12.6 Å². The first-order chi connectivity index (χ1) is 18.3. The van der Waals surface area contributed by atoms with Gasteiger partial charge in [0.2, 0.25) is 0 Å². The molecule has 2 heterocycles. The minimum absolute atomic E-state index is 0.148. The minimum Gasteiger partial charge on any atom is -0.345 e. The first-order valence-corrected chi connectivity index (χ1v) is 12.8. The number of allylic oxidation sites excluding steroid dienone is 1. The predicted octanol–water partition coefficient (Wildman–Crippen LogP) is 4.39. The number of benzene rings is 2. The number of halogens is 2. The summed E-state index contributed by atoms with van der Waals surface area (Å²) in [6, 6.07) is 11.0. The van der Waals surface area contributed by atoms with Crippen molar-refractivity contribution in [2.45, 2.75) is 51.4 Å². The molecular weight excluding hydrogens is 509 g/mol. The van der Waals surface area contributed by atoms with E-state index in [1.54, 1.807) is 18.2 Å². The molecule has 11 heteroatoms. The Hall–Kier alpha value is -3.92. The second-order valence-electron chi connectivity index (χ2n) is 9.65. The molecule has 1 aromatic heterocycles. The molecule has 5 rings (SSSR count). The van der Waals surface area contributed by atoms with Crippen LogP contribution in [0.4, 0.5) is 4.39 Å². The zero-order chi connectivity index (χ0) is 26.9. The van der Waals surface area contributed by atoms with Gasteiger partial charge in [0.1, 0.15) is 17.2 Å². The van der Waals surface area contributed by atoms with Crippen LogP contribution < -0.4 is 5.32 Å². The molecule has 2 N–H and O–H groups in total. The number of aromatic nitrogens is 4. The molecule has 2 aromatic carbocycles. The molecule has 1 spiro atoms. The molecule has 2 amide bonds. The minimum atomic E-state index is -0.791. The first kappa shape index (κ1) is 25.7. The number of H-pyrrole nitrogens is 1. The molecule has 0 saturated carbocycles. The van der Waals surface area contributed by atoms with Crippen LogP contribution >= 0.6 is 11.6 Å². The fraction of sp³-hybridized carbons (Fsp3) is 0.333. The summed E-state index contributed by atoms with van der Waals surface area (Å²) in [7, 11) is 0. The Morgan fingerprint density at radius 3 is 2.74 bits per heavy atom. The highest BCUT2D eigenvalue weighted by atomic mass is 35.5. The summed E-state index contributed by atoms with van der Waals surface area (Å²) in [6.45, 7) is 4.25. The number of amides is 2. The highest BCUT2D eigenvalue weighted by Gasteiger charge is 2.50. The average Bonchev–Trinajstić information content (AvgIpc) is 3.50. The summed E-state index contributed by atoms with van der Waals surface area (Å²) < 4.78 is 14.2. The number of hydrogen-bond acceptors (Lipinski definition) is 6. The van der Waals surface area contributed by atoms with Gasteiger partial charge in [-0.1, -0.05) is 54.9 Å². The third-order valence-corrected chi connectivity index (χ3v) is 7.15. The Balaban J connectivity index is 1.45. The summed E-state index contributed by atoms with van der Waals surface area (Å²) in [4.78, 5) is 33.4. The van der Waals surface area contributed by atoms with Gasteiger partial charge in [-0.25, -0.2) is 4.39 Å². The Morgan fingerprint density at radius 2 is 2.08 bits per heavy atom. The van der Waals surface area contributed by atoms with Crippen LogP contribution in [0.25, 0.3) is 0 Å². The van der Waals surface area contributed by atoms with E-state index in [4.69, 9.17) is 16.6 Å². The van der Waals surface area contributed by atoms with E-state index in [9.17, 15) is 14.0 Å². The van der Waals surface area contributed by atoms with Crippen LogP contribution in [0.3, 0.4) is 0 Å². The number of rotatable bonds is 7. The van der Waals surface area contributed by atoms with E-state index >= 15 is 0 Å². The zero-order valence-electron chi connectivity index (χ0n) is 21.0. The Kier molecular flexibility index (Phi) is 7.07. The number of aromatic amines is 1. The fourth-order valence-corrected chi connectivity index (χ4v) is 5.53. The summed E-state index contributed by atoms with van der Waals surface area (Å²) in [6.07, 6.45) is 6.02. The van der Waals surface area contributed by atoms with Crippen molar-refractivity contribution in [3.05, 3.63) is 88.0 Å². The molecule has 9 nitrogen and oxygen atoms in total. The van der Waals surface area contributed by atoms with Gasteiger partial charge < -0.3 is 10.2 Å². The number of carbonyl (C=O) groups excluding carboxylic acids is 2. The number of carbonyl (C=O) groups is 2. The van der Waals surface area contributed by atoms with Crippen LogP contribution in [0.15, 0.2) is 59.6 Å². The van der Waals surface area contributed by atoms with Crippen molar-refractivity contribution < 1.29 is 14.0 Å². The van der Waals surface area contributed by atoms with Crippen molar-refractivity contribution >= 4 is 29.1 Å². The van der Waals surface area contributed by atoms with E-state index in [0.29, 0.717) is 36.2 Å². The standard InChI is InChI=1S/C27H27ClFN7O2/c1-3-22(17-6-8-18(9-7-17)25(37)30-15-23-32-34-35-33-23)36-26(38)24(19-11-20(28)13-21(29)12-19)31-27(36)10-4-5-16(2)14-27/h4-9,11-13,16,22H,3,10,14-15H2,1-2H3,(H,30,37)(H,32,33,34,35)/t16?,22-,27?/m1/s1. The third kappa shape index (κ3) is 4.96. The molecule has 2 unspecified atom stereocenters. The number of hydrogen-bond donors (Lipinski definition) is 2. The van der Waals surface area contributed by atoms with Crippen LogP contribution in [0.2, 0.25) is 5.02 Å². The van der Waals surface area contributed by atoms with Crippen LogP contribution in [0, 0.1) is 11.7 Å². The summed E-state index contributed by atoms with van der Waals surface area (Å²) in [5, 5.41) is 16.4. The Bertz CT molecular complexity index is 1390. The van der Waals surface area contributed by atoms with Crippen molar-refractivity contribution in [2.24, 2.45) is 10.9 Å². The maximum Gasteiger partial charge on any atom is 0.275 e. The van der Waals surface area contributed by atoms with Gasteiger partial charge in [-0.05, 0) is 54.7 Å². The van der Waals surface area contributed by atoms with Crippen LogP contribution in [-0.4, -0.2) is 48.7 Å². The van der Waals surface area contributed by atoms with Crippen molar-refractivity contribution in [1.29, 1.82) is 0 Å². The molecule has 3 atom stereocenters. The van der Waals surface area contributed by atoms with Gasteiger partial charge in [-0.15, -0.1) is 10.2 Å². The van der Waals surface area contributed by atoms with Gasteiger partial charge in [0, 0.05) is 22.6 Å². The number of nitrogens with zero attached hydrogens (tertiary/aromatic N) is 5. The summed E-state index contributed by atoms with van der Waals surface area (Å²) >= 11 is 6.12. The van der Waals surface area contributed by atoms with Gasteiger partial charge >= 0.3 is 0 Å². The topological polar surface area (TPSA) is 116 Å². The zero-order valence-corrected chi connectivity index (χ0v) is 21.7. The van der Waals surface area contributed by atoms with Crippen LogP contribution in [0.1, 0.15) is 66.5 Å². The van der Waals surface area contributed by atoms with E-state index in [1.165, 1.54) is 12.1 Å². The Labute approximate surface area is 224 Å². The number of tetrazole rings is 1. The molecule has 0 radical (unpaired) electrons. The molecule has 3 aromatic rings. The molecule has 1 aliphatic heterocycles. The SMILES string of the molecule is CC[C@H](c1ccc(C(=O)NCc2nn[nH]n2)cc1)N1C(=O)C(c2cc(F)cc(Cl)c2)=NC12CC=CC(C)C2. The predicted molar refractivity (Wildman–Crippen MR) is 140 cm³/mol. The van der Waals surface area contributed by atoms with Crippen molar-refractivity contribution in [3.63, 3.8) is 0 Å². The maximum absolute atomic E-state index is 14.2. The number of nitrogens with one attached hydrogen (secondary N) is 2. The van der Waals surface area contributed by atoms with Crippen LogP contribution in [0.5, 0.6) is 0 Å². The van der Waals surface area contributed by atoms with E-state index in [1.807, 2.05) is 24.0 Å². The van der Waals surface area contributed by atoms with Gasteiger partial charge in [0.25, 0.3) is 11.8 Å². The molecule has 38 heavy (non-hydrogen) atoms. The van der Waals surface area contributed by atoms with Gasteiger partial charge in [-0.3, -0.25) is 14.6 Å². The lowest BCUT2D eigenvalue weighted by Gasteiger charge is -2.43. The van der Waals surface area contributed by atoms with Crippen LogP contribution in [-0.2, 0) is 11.3 Å². The normalized spacial score (nSPS) is 21.6. The summed E-state index contributed by atoms with van der Waals surface area (Å²) in [5.41, 5.74) is 1.14. The smallest absolute Gasteiger partial charge is 0.275 e. The third-order valence-electron chi connectivity index (χ3n) is 6.94. The molecule has 1 aliphatic carbocycles. The van der Waals surface area contributed by atoms with Crippen molar-refractivity contribution in [2.75, 3.05) is 0 Å². The molecule has 0 fully saturated rings. The molecular formula is C27H27ClFN7O2.